The van der Waals surface area contributed by atoms with E-state index >= 15 is 0 Å². The molecule has 74 valence electrons. The molecule has 0 amide bonds. The second kappa shape index (κ2) is 3.91. The average molecular weight is 185 g/mol. The highest BCUT2D eigenvalue weighted by atomic mass is 16.4. The summed E-state index contributed by atoms with van der Waals surface area (Å²) in [6, 6.07) is 1.88. The number of nitrogens with one attached hydrogen (secondary N) is 1. The van der Waals surface area contributed by atoms with Gasteiger partial charge in [-0.05, 0) is 25.5 Å². The molecule has 13 heavy (non-hydrogen) atoms. The molecule has 0 aromatic carbocycles. The molecule has 0 aliphatic rings. The second-order valence-corrected chi connectivity index (χ2v) is 3.24. The van der Waals surface area contributed by atoms with Gasteiger partial charge in [0, 0.05) is 11.4 Å². The lowest BCUT2D eigenvalue weighted by Gasteiger charge is -2.15. The number of aromatic nitrogens is 1. The molecule has 0 bridgehead atoms. The highest BCUT2D eigenvalue weighted by Gasteiger charge is 2.20. The highest BCUT2D eigenvalue weighted by Crippen LogP contribution is 2.20. The molecule has 4 heteroatoms. The Labute approximate surface area is 76.8 Å². The van der Waals surface area contributed by atoms with Gasteiger partial charge in [0.15, 0.2) is 0 Å². The van der Waals surface area contributed by atoms with Crippen molar-refractivity contribution < 1.29 is 15.3 Å². The largest absolute Gasteiger partial charge is 0.394 e. The molecule has 0 radical (unpaired) electrons. The van der Waals surface area contributed by atoms with Crippen LogP contribution in [0, 0.1) is 13.8 Å². The zero-order chi connectivity index (χ0) is 10.0. The number of aliphatic hydroxyl groups is 3. The Kier molecular flexibility index (Phi) is 3.08. The molecule has 1 rings (SSSR count). The van der Waals surface area contributed by atoms with Gasteiger partial charge in [0.25, 0.3) is 0 Å². The molecule has 0 fully saturated rings. The number of aryl methyl sites for hydroxylation is 2. The van der Waals surface area contributed by atoms with Gasteiger partial charge in [0.1, 0.15) is 12.2 Å². The number of hydrogen-bond donors (Lipinski definition) is 4. The summed E-state index contributed by atoms with van der Waals surface area (Å²) in [6.07, 6.45) is -2.17. The molecule has 4 N–H and O–H groups in total. The first-order chi connectivity index (χ1) is 6.06. The molecule has 1 aromatic rings. The average Bonchev–Trinajstić information content (AvgIpc) is 2.42. The van der Waals surface area contributed by atoms with Crippen LogP contribution < -0.4 is 0 Å². The minimum absolute atomic E-state index is 0.446. The van der Waals surface area contributed by atoms with Crippen molar-refractivity contribution in [2.24, 2.45) is 0 Å². The van der Waals surface area contributed by atoms with Gasteiger partial charge < -0.3 is 20.3 Å². The maximum Gasteiger partial charge on any atom is 0.122 e. The quantitative estimate of drug-likeness (QED) is 0.536. The third-order valence-corrected chi connectivity index (χ3v) is 2.04. The molecule has 0 saturated heterocycles. The van der Waals surface area contributed by atoms with E-state index in [1.807, 2.05) is 19.9 Å². The summed E-state index contributed by atoms with van der Waals surface area (Å²) in [5.74, 6) is 0. The summed E-state index contributed by atoms with van der Waals surface area (Å²) in [7, 11) is 0. The van der Waals surface area contributed by atoms with E-state index in [0.717, 1.165) is 11.3 Å². The van der Waals surface area contributed by atoms with Gasteiger partial charge in [-0.1, -0.05) is 0 Å². The molecule has 1 heterocycles. The minimum atomic E-state index is -1.13. The van der Waals surface area contributed by atoms with E-state index in [2.05, 4.69) is 4.98 Å². The van der Waals surface area contributed by atoms with Crippen LogP contribution in [0.5, 0.6) is 0 Å². The Morgan fingerprint density at radius 1 is 1.38 bits per heavy atom. The predicted molar refractivity (Wildman–Crippen MR) is 48.3 cm³/mol. The van der Waals surface area contributed by atoms with Gasteiger partial charge in [-0.15, -0.1) is 0 Å². The summed E-state index contributed by atoms with van der Waals surface area (Å²) in [5.41, 5.74) is 2.38. The lowest BCUT2D eigenvalue weighted by Crippen LogP contribution is -2.22. The zero-order valence-corrected chi connectivity index (χ0v) is 7.78. The minimum Gasteiger partial charge on any atom is -0.394 e. The Morgan fingerprint density at radius 2 is 2.00 bits per heavy atom. The van der Waals surface area contributed by atoms with E-state index in [1.54, 1.807) is 0 Å². The van der Waals surface area contributed by atoms with E-state index in [4.69, 9.17) is 5.11 Å². The fraction of sp³-hybridized carbons (Fsp3) is 0.556. The monoisotopic (exact) mass is 185 g/mol. The summed E-state index contributed by atoms with van der Waals surface area (Å²) < 4.78 is 0. The molecule has 4 nitrogen and oxygen atoms in total. The van der Waals surface area contributed by atoms with Crippen LogP contribution in [-0.2, 0) is 0 Å². The van der Waals surface area contributed by atoms with Crippen molar-refractivity contribution in [3.63, 3.8) is 0 Å². The summed E-state index contributed by atoms with van der Waals surface area (Å²) in [5, 5.41) is 27.4. The Balaban J connectivity index is 2.87. The number of hydrogen-bond acceptors (Lipinski definition) is 3. The maximum atomic E-state index is 9.54. The van der Waals surface area contributed by atoms with Crippen molar-refractivity contribution >= 4 is 0 Å². The van der Waals surface area contributed by atoms with Crippen molar-refractivity contribution in [3.05, 3.63) is 23.0 Å². The Morgan fingerprint density at radius 3 is 2.38 bits per heavy atom. The molecule has 1 aromatic heterocycles. The number of aromatic amines is 1. The van der Waals surface area contributed by atoms with Crippen LogP contribution in [0.25, 0.3) is 0 Å². The van der Waals surface area contributed by atoms with E-state index in [1.165, 1.54) is 0 Å². The smallest absolute Gasteiger partial charge is 0.122 e. The first-order valence-corrected chi connectivity index (χ1v) is 4.19. The van der Waals surface area contributed by atoms with Crippen LogP contribution in [0.15, 0.2) is 6.07 Å². The van der Waals surface area contributed by atoms with Gasteiger partial charge >= 0.3 is 0 Å². The van der Waals surface area contributed by atoms with Gasteiger partial charge in [-0.2, -0.15) is 0 Å². The standard InChI is InChI=1S/C9H15NO3/c1-5-3-6(2)10-8(5)9(13)7(12)4-11/h3,7,9-13H,4H2,1-2H3. The van der Waals surface area contributed by atoms with Gasteiger partial charge in [0.2, 0.25) is 0 Å². The van der Waals surface area contributed by atoms with Gasteiger partial charge in [-0.25, -0.2) is 0 Å². The van der Waals surface area contributed by atoms with E-state index in [9.17, 15) is 10.2 Å². The lowest BCUT2D eigenvalue weighted by atomic mass is 10.1. The van der Waals surface area contributed by atoms with Crippen molar-refractivity contribution in [1.82, 2.24) is 4.98 Å². The van der Waals surface area contributed by atoms with Gasteiger partial charge in [-0.3, -0.25) is 0 Å². The zero-order valence-electron chi connectivity index (χ0n) is 7.78. The van der Waals surface area contributed by atoms with Crippen LogP contribution in [0.2, 0.25) is 0 Å². The molecule has 0 spiro atoms. The molecule has 0 aliphatic heterocycles. The molecular weight excluding hydrogens is 170 g/mol. The number of rotatable bonds is 3. The molecule has 0 saturated carbocycles. The van der Waals surface area contributed by atoms with E-state index < -0.39 is 18.8 Å². The predicted octanol–water partition coefficient (Wildman–Crippen LogP) is 0.0181. The third kappa shape index (κ3) is 2.09. The maximum absolute atomic E-state index is 9.54. The fourth-order valence-corrected chi connectivity index (χ4v) is 1.35. The number of H-pyrrole nitrogens is 1. The molecule has 2 unspecified atom stereocenters. The summed E-state index contributed by atoms with van der Waals surface area (Å²) >= 11 is 0. The Bertz CT molecular complexity index is 282. The SMILES string of the molecule is Cc1cc(C)c(C(O)C(O)CO)[nH]1. The topological polar surface area (TPSA) is 76.5 Å². The van der Waals surface area contributed by atoms with Crippen LogP contribution in [-0.4, -0.2) is 33.0 Å². The fourth-order valence-electron chi connectivity index (χ4n) is 1.35. The van der Waals surface area contributed by atoms with Crippen molar-refractivity contribution in [3.8, 4) is 0 Å². The van der Waals surface area contributed by atoms with Crippen molar-refractivity contribution in [1.29, 1.82) is 0 Å². The highest BCUT2D eigenvalue weighted by molar-refractivity contribution is 5.26. The second-order valence-electron chi connectivity index (χ2n) is 3.24. The molecule has 2 atom stereocenters. The molecular formula is C9H15NO3. The van der Waals surface area contributed by atoms with Crippen molar-refractivity contribution in [2.75, 3.05) is 6.61 Å². The molecule has 0 aliphatic carbocycles. The van der Waals surface area contributed by atoms with Crippen LogP contribution >= 0.6 is 0 Å². The Hall–Kier alpha value is -0.840. The first-order valence-electron chi connectivity index (χ1n) is 4.19. The first kappa shape index (κ1) is 10.2. The van der Waals surface area contributed by atoms with Crippen LogP contribution in [0.4, 0.5) is 0 Å². The summed E-state index contributed by atoms with van der Waals surface area (Å²) in [6.45, 7) is 3.26. The van der Waals surface area contributed by atoms with E-state index in [0.29, 0.717) is 5.69 Å². The van der Waals surface area contributed by atoms with Crippen LogP contribution in [0.1, 0.15) is 23.1 Å². The normalized spacial score (nSPS) is 15.8. The third-order valence-electron chi connectivity index (χ3n) is 2.04. The van der Waals surface area contributed by atoms with Crippen LogP contribution in [0.3, 0.4) is 0 Å². The van der Waals surface area contributed by atoms with E-state index in [-0.39, 0.29) is 0 Å². The summed E-state index contributed by atoms with van der Waals surface area (Å²) in [4.78, 5) is 2.94. The lowest BCUT2D eigenvalue weighted by molar-refractivity contribution is -0.0173. The van der Waals surface area contributed by atoms with Gasteiger partial charge in [0.05, 0.1) is 6.61 Å². The van der Waals surface area contributed by atoms with Crippen molar-refractivity contribution in [2.45, 2.75) is 26.1 Å². The number of aliphatic hydroxyl groups excluding tert-OH is 3.